The highest BCUT2D eigenvalue weighted by molar-refractivity contribution is 5.94. The monoisotopic (exact) mass is 319 g/mol. The van der Waals surface area contributed by atoms with Crippen molar-refractivity contribution in [3.8, 4) is 17.5 Å². The maximum Gasteiger partial charge on any atom is 0.232 e. The normalized spacial score (nSPS) is 17.0. The lowest BCUT2D eigenvalue weighted by Crippen LogP contribution is -2.18. The van der Waals surface area contributed by atoms with Crippen molar-refractivity contribution in [2.75, 3.05) is 18.5 Å². The van der Waals surface area contributed by atoms with Gasteiger partial charge in [-0.05, 0) is 29.7 Å². The highest BCUT2D eigenvalue weighted by atomic mass is 16.5. The van der Waals surface area contributed by atoms with E-state index in [1.165, 1.54) is 0 Å². The number of hydrogen-bond donors (Lipinski definition) is 1. The minimum Gasteiger partial charge on any atom is -0.419 e. The van der Waals surface area contributed by atoms with E-state index in [1.54, 1.807) is 0 Å². The Hall–Kier alpha value is -2.84. The van der Waals surface area contributed by atoms with Crippen LogP contribution in [0.15, 0.2) is 46.9 Å². The maximum absolute atomic E-state index is 9.34. The first-order valence-electron chi connectivity index (χ1n) is 8.09. The Balaban J connectivity index is 1.67. The number of rotatable bonds is 4. The van der Waals surface area contributed by atoms with E-state index in [1.807, 2.05) is 42.5 Å². The molecule has 1 aliphatic heterocycles. The number of anilines is 1. The van der Waals surface area contributed by atoms with Crippen LogP contribution in [-0.2, 0) is 4.74 Å². The number of fused-ring (bicyclic) bond motifs is 1. The zero-order valence-electron chi connectivity index (χ0n) is 13.2. The molecule has 0 saturated carbocycles. The first-order chi connectivity index (χ1) is 11.8. The molecule has 3 aromatic rings. The smallest absolute Gasteiger partial charge is 0.232 e. The van der Waals surface area contributed by atoms with E-state index in [4.69, 9.17) is 9.15 Å². The van der Waals surface area contributed by atoms with Crippen molar-refractivity contribution in [1.82, 2.24) is 4.98 Å². The predicted molar refractivity (Wildman–Crippen MR) is 91.6 cm³/mol. The van der Waals surface area contributed by atoms with E-state index in [2.05, 4.69) is 16.4 Å². The zero-order valence-corrected chi connectivity index (χ0v) is 13.2. The maximum atomic E-state index is 9.34. The van der Waals surface area contributed by atoms with Crippen molar-refractivity contribution in [2.24, 2.45) is 0 Å². The molecule has 0 amide bonds. The van der Waals surface area contributed by atoms with Gasteiger partial charge in [0.1, 0.15) is 6.07 Å². The van der Waals surface area contributed by atoms with Crippen LogP contribution in [-0.4, -0.2) is 24.2 Å². The third-order valence-corrected chi connectivity index (χ3v) is 4.27. The van der Waals surface area contributed by atoms with Crippen LogP contribution in [0.4, 0.5) is 5.88 Å². The second kappa shape index (κ2) is 6.34. The van der Waals surface area contributed by atoms with Gasteiger partial charge in [-0.25, -0.2) is 0 Å². The first kappa shape index (κ1) is 14.7. The standard InChI is InChI=1S/C19H17N3O2/c20-11-17-19(21-12-14-7-4-10-23-14)24-18(22-17)16-9-3-6-13-5-1-2-8-15(13)16/h1-3,5-6,8-9,14,21H,4,7,10,12H2/t14-/m1/s1. The number of hydrogen-bond acceptors (Lipinski definition) is 5. The average Bonchev–Trinajstić information content (AvgIpc) is 3.28. The molecule has 5 nitrogen and oxygen atoms in total. The first-order valence-corrected chi connectivity index (χ1v) is 8.09. The van der Waals surface area contributed by atoms with Crippen LogP contribution in [0.2, 0.25) is 0 Å². The second-order valence-electron chi connectivity index (χ2n) is 5.85. The van der Waals surface area contributed by atoms with E-state index in [9.17, 15) is 5.26 Å². The molecule has 4 rings (SSSR count). The fourth-order valence-electron chi connectivity index (χ4n) is 3.05. The van der Waals surface area contributed by atoms with Gasteiger partial charge < -0.3 is 14.5 Å². The summed E-state index contributed by atoms with van der Waals surface area (Å²) in [4.78, 5) is 4.36. The number of benzene rings is 2. The average molecular weight is 319 g/mol. The molecule has 120 valence electrons. The van der Waals surface area contributed by atoms with Gasteiger partial charge in [0.05, 0.1) is 6.10 Å². The van der Waals surface area contributed by atoms with E-state index in [-0.39, 0.29) is 11.8 Å². The van der Waals surface area contributed by atoms with E-state index in [0.717, 1.165) is 35.8 Å². The summed E-state index contributed by atoms with van der Waals surface area (Å²) in [6.07, 6.45) is 2.27. The summed E-state index contributed by atoms with van der Waals surface area (Å²) in [6.45, 7) is 1.42. The fourth-order valence-corrected chi connectivity index (χ4v) is 3.05. The molecule has 1 N–H and O–H groups in total. The molecular formula is C19H17N3O2. The van der Waals surface area contributed by atoms with Gasteiger partial charge in [0.15, 0.2) is 0 Å². The highest BCUT2D eigenvalue weighted by Gasteiger charge is 2.19. The number of oxazole rings is 1. The summed E-state index contributed by atoms with van der Waals surface area (Å²) in [5, 5.41) is 14.7. The molecular weight excluding hydrogens is 302 g/mol. The Morgan fingerprint density at radius 2 is 2.08 bits per heavy atom. The lowest BCUT2D eigenvalue weighted by atomic mass is 10.0. The molecule has 24 heavy (non-hydrogen) atoms. The Labute approximate surface area is 139 Å². The molecule has 5 heteroatoms. The van der Waals surface area contributed by atoms with Gasteiger partial charge in [0.2, 0.25) is 17.5 Å². The number of nitrogens with zero attached hydrogens (tertiary/aromatic N) is 2. The summed E-state index contributed by atoms with van der Waals surface area (Å²) in [5.41, 5.74) is 1.16. The summed E-state index contributed by atoms with van der Waals surface area (Å²) in [7, 11) is 0. The quantitative estimate of drug-likeness (QED) is 0.788. The van der Waals surface area contributed by atoms with Gasteiger partial charge in [0.25, 0.3) is 0 Å². The highest BCUT2D eigenvalue weighted by Crippen LogP contribution is 2.31. The zero-order chi connectivity index (χ0) is 16.4. The van der Waals surface area contributed by atoms with Crippen LogP contribution in [0.3, 0.4) is 0 Å². The van der Waals surface area contributed by atoms with E-state index in [0.29, 0.717) is 18.3 Å². The minimum atomic E-state index is 0.169. The predicted octanol–water partition coefficient (Wildman–Crippen LogP) is 3.96. The second-order valence-corrected chi connectivity index (χ2v) is 5.85. The SMILES string of the molecule is N#Cc1nc(-c2cccc3ccccc23)oc1NC[C@H]1CCCO1. The van der Waals surface area contributed by atoms with Crippen molar-refractivity contribution in [1.29, 1.82) is 5.26 Å². The van der Waals surface area contributed by atoms with E-state index < -0.39 is 0 Å². The summed E-state index contributed by atoms with van der Waals surface area (Å²) in [5.74, 6) is 0.870. The van der Waals surface area contributed by atoms with Crippen LogP contribution in [0, 0.1) is 11.3 Å². The van der Waals surface area contributed by atoms with Crippen LogP contribution in [0.5, 0.6) is 0 Å². The lowest BCUT2D eigenvalue weighted by Gasteiger charge is -2.09. The molecule has 2 heterocycles. The van der Waals surface area contributed by atoms with Crippen LogP contribution in [0.1, 0.15) is 18.5 Å². The Morgan fingerprint density at radius 3 is 2.92 bits per heavy atom. The van der Waals surface area contributed by atoms with Crippen LogP contribution in [0.25, 0.3) is 22.2 Å². The Morgan fingerprint density at radius 1 is 1.21 bits per heavy atom. The van der Waals surface area contributed by atoms with Gasteiger partial charge in [-0.3, -0.25) is 0 Å². The number of aromatic nitrogens is 1. The molecule has 1 atom stereocenters. The molecule has 0 spiro atoms. The van der Waals surface area contributed by atoms with Crippen molar-refractivity contribution in [2.45, 2.75) is 18.9 Å². The molecule has 0 radical (unpaired) electrons. The van der Waals surface area contributed by atoms with Crippen molar-refractivity contribution in [3.63, 3.8) is 0 Å². The molecule has 1 fully saturated rings. The van der Waals surface area contributed by atoms with Crippen molar-refractivity contribution in [3.05, 3.63) is 48.2 Å². The van der Waals surface area contributed by atoms with Crippen molar-refractivity contribution < 1.29 is 9.15 Å². The summed E-state index contributed by atoms with van der Waals surface area (Å²) < 4.78 is 11.4. The third kappa shape index (κ3) is 2.72. The Bertz CT molecular complexity index is 899. The number of nitrogens with one attached hydrogen (secondary N) is 1. The van der Waals surface area contributed by atoms with Crippen LogP contribution >= 0.6 is 0 Å². The van der Waals surface area contributed by atoms with Gasteiger partial charge in [-0.1, -0.05) is 36.4 Å². The molecule has 1 aliphatic rings. The number of nitriles is 1. The van der Waals surface area contributed by atoms with Gasteiger partial charge >= 0.3 is 0 Å². The number of ether oxygens (including phenoxy) is 1. The molecule has 1 saturated heterocycles. The summed E-state index contributed by atoms with van der Waals surface area (Å²) >= 11 is 0. The van der Waals surface area contributed by atoms with Gasteiger partial charge in [-0.15, -0.1) is 0 Å². The van der Waals surface area contributed by atoms with Gasteiger partial charge in [0, 0.05) is 18.7 Å². The minimum absolute atomic E-state index is 0.169. The largest absolute Gasteiger partial charge is 0.419 e. The topological polar surface area (TPSA) is 71.1 Å². The molecule has 0 unspecified atom stereocenters. The fraction of sp³-hybridized carbons (Fsp3) is 0.263. The lowest BCUT2D eigenvalue weighted by molar-refractivity contribution is 0.120. The van der Waals surface area contributed by atoms with Crippen LogP contribution < -0.4 is 5.32 Å². The summed E-state index contributed by atoms with van der Waals surface area (Å²) in [6, 6.07) is 16.1. The molecule has 2 aromatic carbocycles. The van der Waals surface area contributed by atoms with E-state index >= 15 is 0 Å². The molecule has 0 aliphatic carbocycles. The van der Waals surface area contributed by atoms with Gasteiger partial charge in [-0.2, -0.15) is 10.2 Å². The molecule has 1 aromatic heterocycles. The molecule has 0 bridgehead atoms. The Kier molecular flexibility index (Phi) is 3.89. The third-order valence-electron chi connectivity index (χ3n) is 4.27. The van der Waals surface area contributed by atoms with Crippen molar-refractivity contribution >= 4 is 16.7 Å².